The molecule has 1 aromatic rings. The average Bonchev–Trinajstić information content (AvgIpc) is 2.93. The second-order valence-corrected chi connectivity index (χ2v) is 5.49. The summed E-state index contributed by atoms with van der Waals surface area (Å²) in [5.74, 6) is -10.7. The molecule has 10 heteroatoms. The second kappa shape index (κ2) is 6.77. The number of carbonyl (C=O) groups excluding carboxylic acids is 3. The van der Waals surface area contributed by atoms with Crippen LogP contribution in [0.2, 0.25) is 0 Å². The van der Waals surface area contributed by atoms with Crippen molar-refractivity contribution in [2.24, 2.45) is 5.92 Å². The molecule has 2 rings (SSSR count). The van der Waals surface area contributed by atoms with Gasteiger partial charge in [-0.15, -0.1) is 0 Å². The molecule has 25 heavy (non-hydrogen) atoms. The van der Waals surface area contributed by atoms with Crippen molar-refractivity contribution in [3.05, 3.63) is 35.9 Å². The third kappa shape index (κ3) is 3.94. The SMILES string of the molecule is O=C(NCC(F)(F)C(F)(F)F)C(=O)[C@H]1CNC(=O)[C@@H]1c1ccccc1. The van der Waals surface area contributed by atoms with Crippen LogP contribution in [0.4, 0.5) is 22.0 Å². The summed E-state index contributed by atoms with van der Waals surface area (Å²) < 4.78 is 61.9. The van der Waals surface area contributed by atoms with E-state index in [0.29, 0.717) is 5.56 Å². The van der Waals surface area contributed by atoms with E-state index in [0.717, 1.165) is 0 Å². The Kier molecular flexibility index (Phi) is 5.09. The van der Waals surface area contributed by atoms with Gasteiger partial charge in [0.2, 0.25) is 11.7 Å². The third-order valence-corrected chi connectivity index (χ3v) is 3.79. The van der Waals surface area contributed by atoms with E-state index in [4.69, 9.17) is 0 Å². The Morgan fingerprint density at radius 3 is 2.28 bits per heavy atom. The Bertz CT molecular complexity index is 675. The highest BCUT2D eigenvalue weighted by molar-refractivity contribution is 6.38. The first-order chi connectivity index (χ1) is 11.5. The van der Waals surface area contributed by atoms with Crippen molar-refractivity contribution in [2.75, 3.05) is 13.1 Å². The number of nitrogens with one attached hydrogen (secondary N) is 2. The van der Waals surface area contributed by atoms with Gasteiger partial charge in [-0.1, -0.05) is 30.3 Å². The lowest BCUT2D eigenvalue weighted by Gasteiger charge is -2.20. The third-order valence-electron chi connectivity index (χ3n) is 3.79. The Morgan fingerprint density at radius 2 is 1.72 bits per heavy atom. The van der Waals surface area contributed by atoms with E-state index in [-0.39, 0.29) is 6.54 Å². The van der Waals surface area contributed by atoms with Crippen LogP contribution in [0, 0.1) is 5.92 Å². The number of carbonyl (C=O) groups is 3. The van der Waals surface area contributed by atoms with Crippen molar-refractivity contribution in [1.29, 1.82) is 0 Å². The number of Topliss-reactive ketones (excluding diaryl/α,β-unsaturated/α-hetero) is 1. The normalized spacial score (nSPS) is 20.9. The maximum absolute atomic E-state index is 12.8. The van der Waals surface area contributed by atoms with E-state index in [1.807, 2.05) is 0 Å². The first kappa shape index (κ1) is 18.8. The van der Waals surface area contributed by atoms with Gasteiger partial charge < -0.3 is 10.6 Å². The molecule has 1 saturated heterocycles. The topological polar surface area (TPSA) is 75.3 Å². The smallest absolute Gasteiger partial charge is 0.355 e. The zero-order valence-electron chi connectivity index (χ0n) is 12.6. The molecule has 1 heterocycles. The highest BCUT2D eigenvalue weighted by Gasteiger charge is 2.57. The van der Waals surface area contributed by atoms with Gasteiger partial charge in [0.1, 0.15) is 0 Å². The molecule has 1 aliphatic heterocycles. The molecule has 1 aromatic carbocycles. The lowest BCUT2D eigenvalue weighted by molar-refractivity contribution is -0.278. The van der Waals surface area contributed by atoms with E-state index in [1.165, 1.54) is 5.32 Å². The quantitative estimate of drug-likeness (QED) is 0.613. The minimum absolute atomic E-state index is 0.208. The molecule has 2 N–H and O–H groups in total. The fraction of sp³-hybridized carbons (Fsp3) is 0.400. The van der Waals surface area contributed by atoms with Crippen LogP contribution in [-0.4, -0.2) is 42.8 Å². The number of rotatable bonds is 5. The van der Waals surface area contributed by atoms with Crippen LogP contribution in [0.3, 0.4) is 0 Å². The standard InChI is InChI=1S/C15H13F5N2O3/c16-14(17,15(18,19)20)7-22-13(25)11(23)9-6-21-12(24)10(9)8-4-2-1-3-5-8/h1-5,9-10H,6-7H2,(H,21,24)(H,22,25)/t9-,10+/m0/s1. The summed E-state index contributed by atoms with van der Waals surface area (Å²) in [5.41, 5.74) is 0.435. The molecule has 2 amide bonds. The Balaban J connectivity index is 2.09. The summed E-state index contributed by atoms with van der Waals surface area (Å²) in [4.78, 5) is 35.7. The largest absolute Gasteiger partial charge is 0.455 e. The molecule has 0 aliphatic carbocycles. The van der Waals surface area contributed by atoms with Gasteiger partial charge in [0, 0.05) is 6.54 Å². The number of hydrogen-bond acceptors (Lipinski definition) is 3. The molecule has 136 valence electrons. The van der Waals surface area contributed by atoms with Gasteiger partial charge in [-0.2, -0.15) is 22.0 Å². The summed E-state index contributed by atoms with van der Waals surface area (Å²) >= 11 is 0. The van der Waals surface area contributed by atoms with E-state index in [2.05, 4.69) is 5.32 Å². The van der Waals surface area contributed by atoms with Crippen molar-refractivity contribution >= 4 is 17.6 Å². The first-order valence-electron chi connectivity index (χ1n) is 7.14. The molecule has 1 fully saturated rings. The Morgan fingerprint density at radius 1 is 1.12 bits per heavy atom. The summed E-state index contributed by atoms with van der Waals surface area (Å²) in [6, 6.07) is 7.97. The minimum atomic E-state index is -5.85. The fourth-order valence-electron chi connectivity index (χ4n) is 2.46. The summed E-state index contributed by atoms with van der Waals surface area (Å²) in [5, 5.41) is 3.68. The molecule has 0 spiro atoms. The number of amides is 2. The van der Waals surface area contributed by atoms with E-state index < -0.39 is 48.1 Å². The highest BCUT2D eigenvalue weighted by atomic mass is 19.4. The molecule has 0 bridgehead atoms. The van der Waals surface area contributed by atoms with Crippen LogP contribution in [0.15, 0.2) is 30.3 Å². The van der Waals surface area contributed by atoms with E-state index in [9.17, 15) is 36.3 Å². The number of hydrogen-bond donors (Lipinski definition) is 2. The van der Waals surface area contributed by atoms with Crippen molar-refractivity contribution in [1.82, 2.24) is 10.6 Å². The van der Waals surface area contributed by atoms with Crippen LogP contribution < -0.4 is 10.6 Å². The predicted molar refractivity (Wildman–Crippen MR) is 74.7 cm³/mol. The first-order valence-corrected chi connectivity index (χ1v) is 7.14. The van der Waals surface area contributed by atoms with Crippen LogP contribution in [0.5, 0.6) is 0 Å². The molecular weight excluding hydrogens is 351 g/mol. The van der Waals surface area contributed by atoms with E-state index >= 15 is 0 Å². The van der Waals surface area contributed by atoms with Gasteiger partial charge in [-0.25, -0.2) is 0 Å². The monoisotopic (exact) mass is 364 g/mol. The second-order valence-electron chi connectivity index (χ2n) is 5.49. The average molecular weight is 364 g/mol. The van der Waals surface area contributed by atoms with Crippen molar-refractivity contribution in [3.63, 3.8) is 0 Å². The lowest BCUT2D eigenvalue weighted by Crippen LogP contribution is -2.49. The maximum Gasteiger partial charge on any atom is 0.455 e. The summed E-state index contributed by atoms with van der Waals surface area (Å²) in [7, 11) is 0. The molecule has 0 aromatic heterocycles. The van der Waals surface area contributed by atoms with Gasteiger partial charge in [-0.05, 0) is 5.56 Å². The highest BCUT2D eigenvalue weighted by Crippen LogP contribution is 2.35. The van der Waals surface area contributed by atoms with Crippen molar-refractivity contribution in [3.8, 4) is 0 Å². The Labute approximate surface area is 138 Å². The zero-order valence-corrected chi connectivity index (χ0v) is 12.6. The summed E-state index contributed by atoms with van der Waals surface area (Å²) in [6.07, 6.45) is -5.85. The predicted octanol–water partition coefficient (Wildman–Crippen LogP) is 1.40. The van der Waals surface area contributed by atoms with Crippen LogP contribution in [0.25, 0.3) is 0 Å². The molecule has 1 aliphatic rings. The zero-order chi connectivity index (χ0) is 18.8. The summed E-state index contributed by atoms with van der Waals surface area (Å²) in [6.45, 7) is -2.26. The molecule has 0 saturated carbocycles. The van der Waals surface area contributed by atoms with Gasteiger partial charge in [-0.3, -0.25) is 14.4 Å². The van der Waals surface area contributed by atoms with Gasteiger partial charge in [0.15, 0.2) is 0 Å². The van der Waals surface area contributed by atoms with Gasteiger partial charge in [0.05, 0.1) is 18.4 Å². The van der Waals surface area contributed by atoms with Gasteiger partial charge in [0.25, 0.3) is 5.91 Å². The van der Waals surface area contributed by atoms with Crippen LogP contribution >= 0.6 is 0 Å². The molecule has 5 nitrogen and oxygen atoms in total. The maximum atomic E-state index is 12.8. The van der Waals surface area contributed by atoms with Gasteiger partial charge >= 0.3 is 12.1 Å². The van der Waals surface area contributed by atoms with Crippen LogP contribution in [0.1, 0.15) is 11.5 Å². The molecule has 0 radical (unpaired) electrons. The Hall–Kier alpha value is -2.52. The number of alkyl halides is 5. The molecule has 0 unspecified atom stereocenters. The lowest BCUT2D eigenvalue weighted by atomic mass is 9.85. The molecular formula is C15H13F5N2O3. The number of benzene rings is 1. The number of ketones is 1. The fourth-order valence-corrected chi connectivity index (χ4v) is 2.46. The van der Waals surface area contributed by atoms with Crippen molar-refractivity contribution in [2.45, 2.75) is 18.0 Å². The van der Waals surface area contributed by atoms with Crippen molar-refractivity contribution < 1.29 is 36.3 Å². The van der Waals surface area contributed by atoms with Crippen LogP contribution in [-0.2, 0) is 14.4 Å². The molecule has 2 atom stereocenters. The number of halogens is 5. The minimum Gasteiger partial charge on any atom is -0.355 e. The van der Waals surface area contributed by atoms with E-state index in [1.54, 1.807) is 30.3 Å².